The molecule has 0 unspecified atom stereocenters. The first-order valence-corrected chi connectivity index (χ1v) is 6.85. The molecule has 0 saturated heterocycles. The zero-order valence-electron chi connectivity index (χ0n) is 11.2. The van der Waals surface area contributed by atoms with Gasteiger partial charge in [-0.2, -0.15) is 0 Å². The monoisotopic (exact) mass is 339 g/mol. The van der Waals surface area contributed by atoms with Crippen molar-refractivity contribution in [2.24, 2.45) is 5.73 Å². The highest BCUT2D eigenvalue weighted by Gasteiger charge is 2.18. The van der Waals surface area contributed by atoms with Gasteiger partial charge in [0.25, 0.3) is 11.6 Å². The minimum absolute atomic E-state index is 0.0794. The fraction of sp³-hybridized carbons (Fsp3) is 0.0714. The van der Waals surface area contributed by atoms with Gasteiger partial charge in [-0.15, -0.1) is 0 Å². The van der Waals surface area contributed by atoms with E-state index in [1.807, 2.05) is 0 Å². The fourth-order valence-corrected chi connectivity index (χ4v) is 2.34. The first kappa shape index (κ1) is 16.1. The first-order chi connectivity index (χ1) is 10.3. The number of nitrogens with zero attached hydrogens (tertiary/aromatic N) is 1. The Balaban J connectivity index is 2.51. The van der Waals surface area contributed by atoms with Gasteiger partial charge in [0.1, 0.15) is 0 Å². The quantitative estimate of drug-likeness (QED) is 0.505. The minimum atomic E-state index is -0.823. The Hall–Kier alpha value is -2.31. The van der Waals surface area contributed by atoms with Gasteiger partial charge >= 0.3 is 0 Å². The fourth-order valence-electron chi connectivity index (χ4n) is 2.02. The molecule has 0 atom stereocenters. The Morgan fingerprint density at radius 3 is 2.41 bits per heavy atom. The van der Waals surface area contributed by atoms with Crippen LogP contribution in [0, 0.1) is 10.1 Å². The molecule has 0 bridgehead atoms. The number of carbonyl (C=O) groups excluding carboxylic acids is 1. The summed E-state index contributed by atoms with van der Waals surface area (Å²) in [4.78, 5) is 21.7. The number of hydrogen-bond donors (Lipinski definition) is 2. The molecule has 0 aliphatic heterocycles. The van der Waals surface area contributed by atoms with Gasteiger partial charge in [-0.1, -0.05) is 29.3 Å². The maximum atomic E-state index is 11.4. The number of nitro groups is 1. The second-order valence-corrected chi connectivity index (χ2v) is 5.43. The highest BCUT2D eigenvalue weighted by Crippen LogP contribution is 2.29. The maximum absolute atomic E-state index is 11.4. The third-order valence-corrected chi connectivity index (χ3v) is 3.84. The molecule has 4 N–H and O–H groups in total. The van der Waals surface area contributed by atoms with Crippen molar-refractivity contribution in [2.75, 3.05) is 5.73 Å². The summed E-state index contributed by atoms with van der Waals surface area (Å²) in [6.45, 7) is 0. The largest absolute Gasteiger partial charge is 0.398 e. The molecule has 0 aliphatic carbocycles. The predicted molar refractivity (Wildman–Crippen MR) is 85.3 cm³/mol. The zero-order chi connectivity index (χ0) is 16.4. The highest BCUT2D eigenvalue weighted by molar-refractivity contribution is 6.42. The minimum Gasteiger partial charge on any atom is -0.398 e. The number of anilines is 1. The second-order valence-electron chi connectivity index (χ2n) is 4.61. The molecule has 0 saturated carbocycles. The molecule has 8 heteroatoms. The normalized spacial score (nSPS) is 10.5. The Labute approximate surface area is 135 Å². The van der Waals surface area contributed by atoms with Gasteiger partial charge in [0.2, 0.25) is 0 Å². The molecular formula is C14H11Cl2N3O3. The first-order valence-electron chi connectivity index (χ1n) is 6.10. The summed E-state index contributed by atoms with van der Waals surface area (Å²) < 4.78 is 0. The van der Waals surface area contributed by atoms with Crippen LogP contribution in [0.25, 0.3) is 0 Å². The van der Waals surface area contributed by atoms with Gasteiger partial charge in [0.05, 0.1) is 20.5 Å². The van der Waals surface area contributed by atoms with Crippen molar-refractivity contribution in [1.29, 1.82) is 0 Å². The van der Waals surface area contributed by atoms with Crippen molar-refractivity contribution in [3.63, 3.8) is 0 Å². The van der Waals surface area contributed by atoms with Crippen LogP contribution in [-0.4, -0.2) is 10.8 Å². The molecule has 2 aromatic carbocycles. The van der Waals surface area contributed by atoms with Gasteiger partial charge in [-0.25, -0.2) is 0 Å². The van der Waals surface area contributed by atoms with Crippen molar-refractivity contribution >= 4 is 40.5 Å². The van der Waals surface area contributed by atoms with E-state index in [0.717, 1.165) is 11.6 Å². The smallest absolute Gasteiger partial charge is 0.270 e. The van der Waals surface area contributed by atoms with Crippen LogP contribution < -0.4 is 11.5 Å². The molecular weight excluding hydrogens is 329 g/mol. The van der Waals surface area contributed by atoms with Gasteiger partial charge in [0.15, 0.2) is 0 Å². The molecule has 0 fully saturated rings. The predicted octanol–water partition coefficient (Wildman–Crippen LogP) is 3.17. The summed E-state index contributed by atoms with van der Waals surface area (Å²) in [5, 5.41) is 11.7. The van der Waals surface area contributed by atoms with Crippen LogP contribution in [0.1, 0.15) is 21.5 Å². The van der Waals surface area contributed by atoms with Crippen LogP contribution in [0.2, 0.25) is 10.0 Å². The van der Waals surface area contributed by atoms with Crippen LogP contribution in [0.15, 0.2) is 30.3 Å². The number of amides is 1. The lowest BCUT2D eigenvalue weighted by atomic mass is 9.99. The van der Waals surface area contributed by atoms with Gasteiger partial charge in [-0.05, 0) is 29.7 Å². The number of benzene rings is 2. The van der Waals surface area contributed by atoms with E-state index < -0.39 is 10.8 Å². The molecule has 0 aromatic heterocycles. The van der Waals surface area contributed by atoms with Crippen LogP contribution in [0.5, 0.6) is 0 Å². The summed E-state index contributed by atoms with van der Waals surface area (Å²) >= 11 is 11.8. The standard InChI is InChI=1S/C14H11Cl2N3O3/c15-11-2-1-7(4-12(11)16)3-8-5-9(19(21)22)6-10(13(8)17)14(18)20/h1-2,4-6H,3,17H2,(H2,18,20). The van der Waals surface area contributed by atoms with E-state index in [9.17, 15) is 14.9 Å². The van der Waals surface area contributed by atoms with Gasteiger partial charge < -0.3 is 11.5 Å². The number of nitro benzene ring substituents is 1. The van der Waals surface area contributed by atoms with Crippen LogP contribution in [0.3, 0.4) is 0 Å². The van der Waals surface area contributed by atoms with E-state index in [1.54, 1.807) is 18.2 Å². The SMILES string of the molecule is NC(=O)c1cc([N+](=O)[O-])cc(Cc2ccc(Cl)c(Cl)c2)c1N. The maximum Gasteiger partial charge on any atom is 0.270 e. The highest BCUT2D eigenvalue weighted by atomic mass is 35.5. The van der Waals surface area contributed by atoms with E-state index in [1.165, 1.54) is 6.07 Å². The summed E-state index contributed by atoms with van der Waals surface area (Å²) in [5.74, 6) is -0.823. The molecule has 22 heavy (non-hydrogen) atoms. The Kier molecular flexibility index (Phi) is 4.54. The molecule has 1 amide bonds. The van der Waals surface area contributed by atoms with E-state index in [0.29, 0.717) is 15.6 Å². The summed E-state index contributed by atoms with van der Waals surface area (Å²) in [7, 11) is 0. The Bertz CT molecular complexity index is 778. The molecule has 2 aromatic rings. The number of carbonyl (C=O) groups is 1. The Morgan fingerprint density at radius 2 is 1.86 bits per heavy atom. The third-order valence-electron chi connectivity index (χ3n) is 3.11. The van der Waals surface area contributed by atoms with Crippen LogP contribution in [-0.2, 0) is 6.42 Å². The lowest BCUT2D eigenvalue weighted by Gasteiger charge is -2.10. The van der Waals surface area contributed by atoms with Crippen molar-refractivity contribution in [3.8, 4) is 0 Å². The topological polar surface area (TPSA) is 112 Å². The zero-order valence-corrected chi connectivity index (χ0v) is 12.7. The summed E-state index contributed by atoms with van der Waals surface area (Å²) in [6, 6.07) is 7.34. The Morgan fingerprint density at radius 1 is 1.18 bits per heavy atom. The molecule has 0 heterocycles. The van der Waals surface area contributed by atoms with Gasteiger partial charge in [-0.3, -0.25) is 14.9 Å². The third kappa shape index (κ3) is 3.29. The lowest BCUT2D eigenvalue weighted by molar-refractivity contribution is -0.384. The van der Waals surface area contributed by atoms with Gasteiger partial charge in [0, 0.05) is 17.8 Å². The molecule has 114 valence electrons. The van der Waals surface area contributed by atoms with E-state index >= 15 is 0 Å². The van der Waals surface area contributed by atoms with Crippen LogP contribution >= 0.6 is 23.2 Å². The summed E-state index contributed by atoms with van der Waals surface area (Å²) in [5.41, 5.74) is 12.0. The van der Waals surface area contributed by atoms with Crippen molar-refractivity contribution in [2.45, 2.75) is 6.42 Å². The summed E-state index contributed by atoms with van der Waals surface area (Å²) in [6.07, 6.45) is 0.255. The van der Waals surface area contributed by atoms with Crippen molar-refractivity contribution in [1.82, 2.24) is 0 Å². The second kappa shape index (κ2) is 6.21. The van der Waals surface area contributed by atoms with E-state index in [-0.39, 0.29) is 23.4 Å². The molecule has 2 rings (SSSR count). The number of rotatable bonds is 4. The van der Waals surface area contributed by atoms with E-state index in [2.05, 4.69) is 0 Å². The number of nitrogen functional groups attached to an aromatic ring is 1. The average molecular weight is 340 g/mol. The molecule has 0 aliphatic rings. The van der Waals surface area contributed by atoms with Crippen molar-refractivity contribution < 1.29 is 9.72 Å². The molecule has 0 radical (unpaired) electrons. The molecule has 6 nitrogen and oxygen atoms in total. The lowest BCUT2D eigenvalue weighted by Crippen LogP contribution is -2.15. The van der Waals surface area contributed by atoms with E-state index in [4.69, 9.17) is 34.7 Å². The average Bonchev–Trinajstić information content (AvgIpc) is 2.44. The number of hydrogen-bond acceptors (Lipinski definition) is 4. The number of non-ortho nitro benzene ring substituents is 1. The number of halogens is 2. The number of primary amides is 1. The van der Waals surface area contributed by atoms with Crippen molar-refractivity contribution in [3.05, 3.63) is 67.2 Å². The molecule has 0 spiro atoms. The number of nitrogens with two attached hydrogens (primary N) is 2. The van der Waals surface area contributed by atoms with Crippen LogP contribution in [0.4, 0.5) is 11.4 Å².